The van der Waals surface area contributed by atoms with E-state index in [2.05, 4.69) is 4.98 Å². The number of sulfone groups is 1. The molecule has 7 nitrogen and oxygen atoms in total. The Morgan fingerprint density at radius 1 is 1.46 bits per heavy atom. The molecule has 0 spiro atoms. The number of rotatable bonds is 6. The van der Waals surface area contributed by atoms with Crippen molar-refractivity contribution in [3.05, 3.63) is 22.9 Å². The topological polar surface area (TPSA) is 108 Å². The third-order valence-electron chi connectivity index (χ3n) is 4.32. The molecule has 0 aliphatic carbocycles. The Bertz CT molecular complexity index is 875. The maximum atomic E-state index is 12.6. The number of carbonyl (C=O) groups is 2. The van der Waals surface area contributed by atoms with Crippen molar-refractivity contribution in [2.75, 3.05) is 23.8 Å². The summed E-state index contributed by atoms with van der Waals surface area (Å²) in [6.07, 6.45) is 0.459. The van der Waals surface area contributed by atoms with Crippen LogP contribution in [0.3, 0.4) is 0 Å². The molecular formula is C17H21N3O4S2. The third kappa shape index (κ3) is 4.62. The number of aryl methyl sites for hydroxylation is 1. The molecule has 0 N–H and O–H groups in total. The first-order valence-electron chi connectivity index (χ1n) is 8.24. The zero-order chi connectivity index (χ0) is 19.5. The van der Waals surface area contributed by atoms with Gasteiger partial charge in [0, 0.05) is 23.8 Å². The molecule has 1 amide bonds. The summed E-state index contributed by atoms with van der Waals surface area (Å²) in [5.41, 5.74) is 1.16. The smallest absolute Gasteiger partial charge is 0.233 e. The maximum Gasteiger partial charge on any atom is 0.233 e. The quantitative estimate of drug-likeness (QED) is 0.531. The van der Waals surface area contributed by atoms with E-state index in [1.165, 1.54) is 13.0 Å². The molecule has 1 saturated heterocycles. The molecule has 1 fully saturated rings. The van der Waals surface area contributed by atoms with Gasteiger partial charge in [0.25, 0.3) is 0 Å². The molecule has 1 aliphatic rings. The van der Waals surface area contributed by atoms with Crippen LogP contribution in [0.5, 0.6) is 0 Å². The van der Waals surface area contributed by atoms with Gasteiger partial charge in [0.1, 0.15) is 11.1 Å². The average Bonchev–Trinajstić information content (AvgIpc) is 2.93. The van der Waals surface area contributed by atoms with Gasteiger partial charge in [-0.1, -0.05) is 11.8 Å². The maximum absolute atomic E-state index is 12.6. The molecule has 2 heterocycles. The van der Waals surface area contributed by atoms with E-state index >= 15 is 0 Å². The fraction of sp³-hybridized carbons (Fsp3) is 0.529. The van der Waals surface area contributed by atoms with Crippen molar-refractivity contribution in [3.8, 4) is 6.07 Å². The van der Waals surface area contributed by atoms with Crippen LogP contribution >= 0.6 is 11.8 Å². The molecule has 0 aromatic carbocycles. The summed E-state index contributed by atoms with van der Waals surface area (Å²) in [5, 5.41) is 9.69. The van der Waals surface area contributed by atoms with Crippen molar-refractivity contribution >= 4 is 33.3 Å². The minimum Gasteiger partial charge on any atom is -0.338 e. The Morgan fingerprint density at radius 3 is 2.65 bits per heavy atom. The molecule has 1 atom stereocenters. The minimum absolute atomic E-state index is 0.00532. The monoisotopic (exact) mass is 395 g/mol. The van der Waals surface area contributed by atoms with E-state index in [0.717, 1.165) is 11.8 Å². The number of carbonyl (C=O) groups excluding carboxylic acids is 2. The second-order valence-electron chi connectivity index (χ2n) is 6.17. The second-order valence-corrected chi connectivity index (χ2v) is 9.36. The highest BCUT2D eigenvalue weighted by Gasteiger charge is 2.33. The lowest BCUT2D eigenvalue weighted by molar-refractivity contribution is -0.129. The standard InChI is InChI=1S/C17H21N3O4S2/c1-4-20(14-5-6-26(23,24)10-14)16(22)9-25-17-13(8-18)7-15(12(3)21)11(2)19-17/h7,14H,4-6,9-10H2,1-3H3. The van der Waals surface area contributed by atoms with Gasteiger partial charge in [0.2, 0.25) is 5.91 Å². The zero-order valence-electron chi connectivity index (χ0n) is 15.0. The molecule has 2 rings (SSSR count). The number of pyridine rings is 1. The van der Waals surface area contributed by atoms with Gasteiger partial charge < -0.3 is 4.90 Å². The molecule has 0 saturated carbocycles. The summed E-state index contributed by atoms with van der Waals surface area (Å²) in [5.74, 6) is -0.172. The SMILES string of the molecule is CCN(C(=O)CSc1nc(C)c(C(C)=O)cc1C#N)C1CCS(=O)(=O)C1. The number of amides is 1. The van der Waals surface area contributed by atoms with E-state index < -0.39 is 9.84 Å². The van der Waals surface area contributed by atoms with Crippen molar-refractivity contribution in [2.45, 2.75) is 38.3 Å². The molecular weight excluding hydrogens is 374 g/mol. The number of Topliss-reactive ketones (excluding diaryl/α,β-unsaturated/α-hetero) is 1. The van der Waals surface area contributed by atoms with E-state index in [4.69, 9.17) is 0 Å². The number of hydrogen-bond donors (Lipinski definition) is 0. The molecule has 1 aromatic rings. The minimum atomic E-state index is -3.07. The molecule has 1 unspecified atom stereocenters. The molecule has 0 bridgehead atoms. The van der Waals surface area contributed by atoms with Crippen molar-refractivity contribution in [1.29, 1.82) is 5.26 Å². The summed E-state index contributed by atoms with van der Waals surface area (Å²) < 4.78 is 23.3. The summed E-state index contributed by atoms with van der Waals surface area (Å²) in [6.45, 7) is 5.35. The van der Waals surface area contributed by atoms with E-state index in [9.17, 15) is 23.3 Å². The molecule has 26 heavy (non-hydrogen) atoms. The summed E-state index contributed by atoms with van der Waals surface area (Å²) in [4.78, 5) is 30.0. The van der Waals surface area contributed by atoms with E-state index in [0.29, 0.717) is 29.2 Å². The van der Waals surface area contributed by atoms with Gasteiger partial charge in [-0.3, -0.25) is 9.59 Å². The summed E-state index contributed by atoms with van der Waals surface area (Å²) in [6, 6.07) is 3.22. The molecule has 0 radical (unpaired) electrons. The van der Waals surface area contributed by atoms with Gasteiger partial charge in [0.05, 0.1) is 22.8 Å². The van der Waals surface area contributed by atoms with Crippen LogP contribution in [0.25, 0.3) is 0 Å². The first-order chi connectivity index (χ1) is 12.2. The normalized spacial score (nSPS) is 18.3. The van der Waals surface area contributed by atoms with Crippen LogP contribution in [-0.2, 0) is 14.6 Å². The first-order valence-corrected chi connectivity index (χ1v) is 11.0. The predicted octanol–water partition coefficient (Wildman–Crippen LogP) is 1.59. The van der Waals surface area contributed by atoms with Crippen LogP contribution in [0.2, 0.25) is 0 Å². The molecule has 1 aliphatic heterocycles. The summed E-state index contributed by atoms with van der Waals surface area (Å²) in [7, 11) is -3.07. The van der Waals surface area contributed by atoms with Gasteiger partial charge in [-0.05, 0) is 33.3 Å². The van der Waals surface area contributed by atoms with Crippen LogP contribution in [0.4, 0.5) is 0 Å². The zero-order valence-corrected chi connectivity index (χ0v) is 16.6. The fourth-order valence-corrected chi connectivity index (χ4v) is 5.62. The number of aromatic nitrogens is 1. The van der Waals surface area contributed by atoms with E-state index in [-0.39, 0.29) is 40.6 Å². The lowest BCUT2D eigenvalue weighted by Crippen LogP contribution is -2.41. The van der Waals surface area contributed by atoms with Crippen LogP contribution in [-0.4, -0.2) is 59.8 Å². The van der Waals surface area contributed by atoms with Gasteiger partial charge >= 0.3 is 0 Å². The number of ketones is 1. The molecule has 1 aromatic heterocycles. The van der Waals surface area contributed by atoms with E-state index in [1.807, 2.05) is 13.0 Å². The summed E-state index contributed by atoms with van der Waals surface area (Å²) >= 11 is 1.13. The lowest BCUT2D eigenvalue weighted by Gasteiger charge is -2.26. The van der Waals surface area contributed by atoms with Gasteiger partial charge in [-0.25, -0.2) is 13.4 Å². The second kappa shape index (κ2) is 8.18. The Balaban J connectivity index is 2.12. The Morgan fingerprint density at radius 2 is 2.15 bits per heavy atom. The van der Waals surface area contributed by atoms with E-state index in [1.54, 1.807) is 11.8 Å². The first kappa shape index (κ1) is 20.4. The van der Waals surface area contributed by atoms with Crippen molar-refractivity contribution in [2.24, 2.45) is 0 Å². The van der Waals surface area contributed by atoms with Gasteiger partial charge in [-0.15, -0.1) is 0 Å². The number of nitrogens with zero attached hydrogens (tertiary/aromatic N) is 3. The third-order valence-corrected chi connectivity index (χ3v) is 7.05. The lowest BCUT2D eigenvalue weighted by atomic mass is 10.1. The van der Waals surface area contributed by atoms with Crippen molar-refractivity contribution < 1.29 is 18.0 Å². The molecule has 140 valence electrons. The van der Waals surface area contributed by atoms with Crippen LogP contribution < -0.4 is 0 Å². The van der Waals surface area contributed by atoms with Crippen LogP contribution in [0.15, 0.2) is 11.1 Å². The molecule has 9 heteroatoms. The Hall–Kier alpha value is -1.92. The Labute approximate surface area is 157 Å². The largest absolute Gasteiger partial charge is 0.338 e. The predicted molar refractivity (Wildman–Crippen MR) is 98.9 cm³/mol. The highest BCUT2D eigenvalue weighted by molar-refractivity contribution is 8.00. The van der Waals surface area contributed by atoms with Crippen LogP contribution in [0, 0.1) is 18.3 Å². The van der Waals surface area contributed by atoms with Crippen molar-refractivity contribution in [1.82, 2.24) is 9.88 Å². The highest BCUT2D eigenvalue weighted by Crippen LogP contribution is 2.25. The van der Waals surface area contributed by atoms with Gasteiger partial charge in [-0.2, -0.15) is 5.26 Å². The average molecular weight is 396 g/mol. The van der Waals surface area contributed by atoms with Gasteiger partial charge in [0.15, 0.2) is 15.6 Å². The highest BCUT2D eigenvalue weighted by atomic mass is 32.2. The number of nitriles is 1. The Kier molecular flexibility index (Phi) is 6.42. The van der Waals surface area contributed by atoms with Crippen LogP contribution in [0.1, 0.15) is 41.9 Å². The van der Waals surface area contributed by atoms with Crippen molar-refractivity contribution in [3.63, 3.8) is 0 Å². The number of thioether (sulfide) groups is 1. The number of hydrogen-bond acceptors (Lipinski definition) is 7. The fourth-order valence-electron chi connectivity index (χ4n) is 3.00.